The Balaban J connectivity index is 1.66. The molecule has 184 valence electrons. The van der Waals surface area contributed by atoms with Crippen molar-refractivity contribution < 1.29 is 28.2 Å². The lowest BCUT2D eigenvalue weighted by Crippen LogP contribution is -2.28. The largest absolute Gasteiger partial charge is 0.507 e. The molecule has 1 saturated heterocycles. The van der Waals surface area contributed by atoms with Crippen LogP contribution in [0.2, 0.25) is 0 Å². The molecule has 1 N–H and O–H groups in total. The van der Waals surface area contributed by atoms with E-state index in [1.54, 1.807) is 35.7 Å². The predicted molar refractivity (Wildman–Crippen MR) is 136 cm³/mol. The molecule has 36 heavy (non-hydrogen) atoms. The van der Waals surface area contributed by atoms with E-state index in [4.69, 9.17) is 4.74 Å². The molecule has 2 aromatic heterocycles. The molecule has 10 heteroatoms. The quantitative estimate of drug-likeness (QED) is 0.186. The third kappa shape index (κ3) is 4.06. The molecule has 1 atom stereocenters. The highest BCUT2D eigenvalue weighted by Gasteiger charge is 2.48. The van der Waals surface area contributed by atoms with E-state index in [0.717, 1.165) is 27.9 Å². The number of benzene rings is 2. The number of halogens is 2. The van der Waals surface area contributed by atoms with Crippen molar-refractivity contribution in [2.45, 2.75) is 32.9 Å². The molecular formula is C26H20F2N2O4S2. The summed E-state index contributed by atoms with van der Waals surface area (Å²) >= 11 is 2.19. The van der Waals surface area contributed by atoms with Crippen molar-refractivity contribution >= 4 is 55.5 Å². The van der Waals surface area contributed by atoms with Crippen LogP contribution in [-0.4, -0.2) is 27.9 Å². The second kappa shape index (κ2) is 9.11. The van der Waals surface area contributed by atoms with Crippen molar-refractivity contribution in [3.63, 3.8) is 0 Å². The molecule has 1 unspecified atom stereocenters. The van der Waals surface area contributed by atoms with Gasteiger partial charge in [-0.2, -0.15) is 0 Å². The predicted octanol–water partition coefficient (Wildman–Crippen LogP) is 6.36. The van der Waals surface area contributed by atoms with Gasteiger partial charge in [-0.3, -0.25) is 14.5 Å². The maximum absolute atomic E-state index is 14.3. The van der Waals surface area contributed by atoms with Gasteiger partial charge in [-0.15, -0.1) is 11.3 Å². The first-order valence-corrected chi connectivity index (χ1v) is 12.7. The van der Waals surface area contributed by atoms with Crippen LogP contribution in [0.4, 0.5) is 13.9 Å². The minimum Gasteiger partial charge on any atom is -0.507 e. The summed E-state index contributed by atoms with van der Waals surface area (Å²) in [5.41, 5.74) is 0.892. The van der Waals surface area contributed by atoms with Crippen LogP contribution >= 0.6 is 22.7 Å². The fourth-order valence-electron chi connectivity index (χ4n) is 4.13. The molecule has 3 heterocycles. The van der Waals surface area contributed by atoms with Gasteiger partial charge >= 0.3 is 5.91 Å². The average Bonchev–Trinajstić information content (AvgIpc) is 3.53. The third-order valence-corrected chi connectivity index (χ3v) is 7.60. The summed E-state index contributed by atoms with van der Waals surface area (Å²) in [5.74, 6) is -3.14. The van der Waals surface area contributed by atoms with Crippen molar-refractivity contribution in [3.05, 3.63) is 81.1 Å². The molecule has 1 amide bonds. The zero-order valence-electron chi connectivity index (χ0n) is 19.4. The Morgan fingerprint density at radius 1 is 1.17 bits per heavy atom. The van der Waals surface area contributed by atoms with E-state index in [2.05, 4.69) is 4.98 Å². The number of thiazole rings is 1. The van der Waals surface area contributed by atoms with Gasteiger partial charge < -0.3 is 9.84 Å². The molecule has 0 bridgehead atoms. The standard InChI is InChI=1S/C26H20F2N2O4S2/c1-12(2)34-17-7-6-14(9-13(17)3)23(31)20-22(18-5-4-8-35-18)30(25(33)24(20)32)26-29-21-16(28)10-15(27)11-19(21)36-26/h4-12,22,31H,1-3H3/b23-20+. The number of anilines is 1. The van der Waals surface area contributed by atoms with E-state index < -0.39 is 29.4 Å². The molecule has 1 aliphatic heterocycles. The summed E-state index contributed by atoms with van der Waals surface area (Å²) in [5, 5.41) is 13.1. The van der Waals surface area contributed by atoms with Crippen molar-refractivity contribution in [1.29, 1.82) is 0 Å². The summed E-state index contributed by atoms with van der Waals surface area (Å²) in [4.78, 5) is 32.5. The number of ketones is 1. The first kappa shape index (κ1) is 24.1. The number of aromatic nitrogens is 1. The number of fused-ring (bicyclic) bond motifs is 1. The van der Waals surface area contributed by atoms with Gasteiger partial charge in [-0.05, 0) is 62.0 Å². The number of Topliss-reactive ketones (excluding diaryl/α,β-unsaturated/α-hetero) is 1. The topological polar surface area (TPSA) is 79.7 Å². The van der Waals surface area contributed by atoms with Crippen LogP contribution < -0.4 is 9.64 Å². The number of aliphatic hydroxyl groups is 1. The van der Waals surface area contributed by atoms with Crippen LogP contribution in [0.15, 0.2) is 53.4 Å². The van der Waals surface area contributed by atoms with E-state index in [-0.39, 0.29) is 32.8 Å². The number of ether oxygens (including phenoxy) is 1. The number of hydrogen-bond donors (Lipinski definition) is 1. The van der Waals surface area contributed by atoms with Crippen molar-refractivity contribution in [1.82, 2.24) is 4.98 Å². The second-order valence-electron chi connectivity index (χ2n) is 8.56. The zero-order chi connectivity index (χ0) is 25.7. The van der Waals surface area contributed by atoms with E-state index in [9.17, 15) is 23.5 Å². The van der Waals surface area contributed by atoms with Crippen LogP contribution in [0, 0.1) is 18.6 Å². The molecule has 5 rings (SSSR count). The van der Waals surface area contributed by atoms with E-state index in [1.165, 1.54) is 11.3 Å². The Morgan fingerprint density at radius 3 is 2.61 bits per heavy atom. The van der Waals surface area contributed by atoms with Crippen LogP contribution in [0.1, 0.15) is 35.9 Å². The maximum atomic E-state index is 14.3. The molecule has 1 fully saturated rings. The normalized spacial score (nSPS) is 17.5. The Labute approximate surface area is 213 Å². The SMILES string of the molecule is Cc1cc(/C(O)=C2\C(=O)C(=O)N(c3nc4c(F)cc(F)cc4s3)C2c2cccs2)ccc1OC(C)C. The Bertz CT molecular complexity index is 1540. The zero-order valence-corrected chi connectivity index (χ0v) is 21.0. The second-order valence-corrected chi connectivity index (χ2v) is 10.6. The summed E-state index contributed by atoms with van der Waals surface area (Å²) < 4.78 is 34.1. The molecule has 0 saturated carbocycles. The van der Waals surface area contributed by atoms with Crippen LogP contribution in [0.3, 0.4) is 0 Å². The number of thiophene rings is 1. The number of carbonyl (C=O) groups is 2. The van der Waals surface area contributed by atoms with Gasteiger partial charge in [0.1, 0.15) is 28.9 Å². The summed E-state index contributed by atoms with van der Waals surface area (Å²) in [6.07, 6.45) is -0.0422. The lowest BCUT2D eigenvalue weighted by Gasteiger charge is -2.21. The minimum absolute atomic E-state index is 0.0333. The molecule has 2 aromatic carbocycles. The lowest BCUT2D eigenvalue weighted by molar-refractivity contribution is -0.132. The average molecular weight is 527 g/mol. The number of aryl methyl sites for hydroxylation is 1. The first-order valence-electron chi connectivity index (χ1n) is 11.0. The monoisotopic (exact) mass is 526 g/mol. The van der Waals surface area contributed by atoms with Gasteiger partial charge in [0.05, 0.1) is 16.4 Å². The van der Waals surface area contributed by atoms with Gasteiger partial charge in [0.15, 0.2) is 10.9 Å². The smallest absolute Gasteiger partial charge is 0.301 e. The number of carbonyl (C=O) groups excluding carboxylic acids is 2. The number of amides is 1. The highest BCUT2D eigenvalue weighted by atomic mass is 32.1. The minimum atomic E-state index is -0.981. The molecular weight excluding hydrogens is 506 g/mol. The van der Waals surface area contributed by atoms with Crippen molar-refractivity contribution in [3.8, 4) is 5.75 Å². The van der Waals surface area contributed by atoms with Gasteiger partial charge in [0.2, 0.25) is 0 Å². The van der Waals surface area contributed by atoms with E-state index >= 15 is 0 Å². The van der Waals surface area contributed by atoms with Crippen LogP contribution in [-0.2, 0) is 9.59 Å². The molecule has 0 aliphatic carbocycles. The number of nitrogens with zero attached hydrogens (tertiary/aromatic N) is 2. The van der Waals surface area contributed by atoms with Gasteiger partial charge in [-0.1, -0.05) is 17.4 Å². The van der Waals surface area contributed by atoms with Crippen molar-refractivity contribution in [2.24, 2.45) is 0 Å². The Hall–Kier alpha value is -3.63. The fourth-order valence-corrected chi connectivity index (χ4v) is 5.99. The van der Waals surface area contributed by atoms with E-state index in [0.29, 0.717) is 22.3 Å². The molecule has 0 radical (unpaired) electrons. The summed E-state index contributed by atoms with van der Waals surface area (Å²) in [6.45, 7) is 5.62. The Kier molecular flexibility index (Phi) is 6.09. The number of aliphatic hydroxyl groups excluding tert-OH is 1. The van der Waals surface area contributed by atoms with Crippen LogP contribution in [0.25, 0.3) is 16.0 Å². The summed E-state index contributed by atoms with van der Waals surface area (Å²) in [7, 11) is 0. The van der Waals surface area contributed by atoms with E-state index in [1.807, 2.05) is 20.8 Å². The van der Waals surface area contributed by atoms with Gasteiger partial charge in [0.25, 0.3) is 5.78 Å². The Morgan fingerprint density at radius 2 is 1.94 bits per heavy atom. The molecule has 4 aromatic rings. The lowest BCUT2D eigenvalue weighted by atomic mass is 9.99. The van der Waals surface area contributed by atoms with Crippen molar-refractivity contribution in [2.75, 3.05) is 4.90 Å². The number of rotatable bonds is 5. The molecule has 1 aliphatic rings. The molecule has 6 nitrogen and oxygen atoms in total. The maximum Gasteiger partial charge on any atom is 0.301 e. The molecule has 0 spiro atoms. The summed E-state index contributed by atoms with van der Waals surface area (Å²) in [6, 6.07) is 9.36. The third-order valence-electron chi connectivity index (χ3n) is 5.68. The highest BCUT2D eigenvalue weighted by Crippen LogP contribution is 2.46. The van der Waals surface area contributed by atoms with Gasteiger partial charge in [-0.25, -0.2) is 13.8 Å². The van der Waals surface area contributed by atoms with Gasteiger partial charge in [0, 0.05) is 16.5 Å². The fraction of sp³-hybridized carbons (Fsp3) is 0.192. The number of hydrogen-bond acceptors (Lipinski definition) is 7. The van der Waals surface area contributed by atoms with Crippen LogP contribution in [0.5, 0.6) is 5.75 Å². The first-order chi connectivity index (χ1) is 17.2. The highest BCUT2D eigenvalue weighted by molar-refractivity contribution is 7.22.